The Kier molecular flexibility index (Phi) is 7.09. The number of aromatic nitrogens is 4. The maximum Gasteiger partial charge on any atom is 0.411 e. The molecule has 4 heterocycles. The normalized spacial score (nSPS) is 22.4. The van der Waals surface area contributed by atoms with Gasteiger partial charge in [0.1, 0.15) is 11.5 Å². The summed E-state index contributed by atoms with van der Waals surface area (Å²) in [6, 6.07) is 12.3. The SMILES string of the molecule is COC(=O)Nc1ccc2c(c1)NC(=O)C1(CC[C@@H]3CC3(N3CCC(c4c(-c5cn[nH]n5)ccc(Cl)c4F)=CC3=O)c3cc-2ccn3)CC1. The van der Waals surface area contributed by atoms with Crippen LogP contribution in [0.15, 0.2) is 60.9 Å². The molecule has 13 heteroatoms. The summed E-state index contributed by atoms with van der Waals surface area (Å²) in [5.41, 5.74) is 3.96. The smallest absolute Gasteiger partial charge is 0.411 e. The van der Waals surface area contributed by atoms with Gasteiger partial charge in [-0.2, -0.15) is 15.4 Å². The second-order valence-electron chi connectivity index (χ2n) is 13.0. The Bertz CT molecular complexity index is 2030. The van der Waals surface area contributed by atoms with Crippen LogP contribution in [0.25, 0.3) is 28.0 Å². The Morgan fingerprint density at radius 2 is 1.96 bits per heavy atom. The average Bonchev–Trinajstić information content (AvgIpc) is 3.97. The third-order valence-corrected chi connectivity index (χ3v) is 10.6. The number of aromatic amines is 1. The number of carbonyl (C=O) groups is 3. The number of rotatable bonds is 4. The predicted octanol–water partition coefficient (Wildman–Crippen LogP) is 6.55. The second kappa shape index (κ2) is 11.3. The van der Waals surface area contributed by atoms with E-state index in [1.165, 1.54) is 25.4 Å². The molecular formula is C35H31ClFN7O4. The summed E-state index contributed by atoms with van der Waals surface area (Å²) < 4.78 is 20.4. The van der Waals surface area contributed by atoms with E-state index in [9.17, 15) is 14.4 Å². The summed E-state index contributed by atoms with van der Waals surface area (Å²) >= 11 is 6.22. The number of benzene rings is 2. The van der Waals surface area contributed by atoms with Gasteiger partial charge in [-0.05, 0) is 85.9 Å². The van der Waals surface area contributed by atoms with Crippen molar-refractivity contribution in [3.8, 4) is 22.4 Å². The average molecular weight is 668 g/mol. The number of methoxy groups -OCH3 is 1. The molecule has 2 aliphatic heterocycles. The molecule has 48 heavy (non-hydrogen) atoms. The Labute approximate surface area is 279 Å². The van der Waals surface area contributed by atoms with E-state index in [4.69, 9.17) is 21.3 Å². The Balaban J connectivity index is 1.19. The first-order valence-electron chi connectivity index (χ1n) is 15.9. The molecule has 8 rings (SSSR count). The van der Waals surface area contributed by atoms with Crippen LogP contribution < -0.4 is 10.6 Å². The number of nitrogens with one attached hydrogen (secondary N) is 3. The largest absolute Gasteiger partial charge is 0.453 e. The fourth-order valence-corrected chi connectivity index (χ4v) is 7.67. The summed E-state index contributed by atoms with van der Waals surface area (Å²) in [5, 5.41) is 16.3. The zero-order chi connectivity index (χ0) is 33.2. The molecule has 2 aliphatic carbocycles. The predicted molar refractivity (Wildman–Crippen MR) is 176 cm³/mol. The monoisotopic (exact) mass is 667 g/mol. The van der Waals surface area contributed by atoms with E-state index in [0.717, 1.165) is 36.1 Å². The van der Waals surface area contributed by atoms with Crippen molar-refractivity contribution in [3.63, 3.8) is 0 Å². The van der Waals surface area contributed by atoms with Crippen molar-refractivity contribution < 1.29 is 23.5 Å². The molecule has 3 amide bonds. The topological polar surface area (TPSA) is 142 Å². The first-order chi connectivity index (χ1) is 23.2. The molecule has 0 radical (unpaired) electrons. The van der Waals surface area contributed by atoms with Crippen LogP contribution in [0.5, 0.6) is 0 Å². The van der Waals surface area contributed by atoms with Crippen molar-refractivity contribution in [2.45, 2.75) is 44.1 Å². The van der Waals surface area contributed by atoms with Crippen LogP contribution in [0.2, 0.25) is 5.02 Å². The number of fused-ring (bicyclic) bond motifs is 6. The highest BCUT2D eigenvalue weighted by Crippen LogP contribution is 2.62. The van der Waals surface area contributed by atoms with Crippen LogP contribution in [0.4, 0.5) is 20.6 Å². The van der Waals surface area contributed by atoms with Gasteiger partial charge in [0, 0.05) is 46.6 Å². The van der Waals surface area contributed by atoms with Crippen LogP contribution >= 0.6 is 11.6 Å². The van der Waals surface area contributed by atoms with E-state index in [1.807, 2.05) is 23.1 Å². The van der Waals surface area contributed by atoms with E-state index in [-0.39, 0.29) is 28.3 Å². The quantitative estimate of drug-likeness (QED) is 0.224. The molecular weight excluding hydrogens is 637 g/mol. The minimum atomic E-state index is -0.671. The lowest BCUT2D eigenvalue weighted by atomic mass is 9.89. The van der Waals surface area contributed by atoms with Gasteiger partial charge in [-0.15, -0.1) is 0 Å². The molecule has 2 aromatic heterocycles. The van der Waals surface area contributed by atoms with Crippen LogP contribution in [-0.4, -0.2) is 56.9 Å². The number of ether oxygens (including phenoxy) is 1. The zero-order valence-electron chi connectivity index (χ0n) is 26.0. The van der Waals surface area contributed by atoms with Crippen molar-refractivity contribution in [3.05, 3.63) is 83.0 Å². The van der Waals surface area contributed by atoms with Gasteiger partial charge in [-0.3, -0.25) is 19.9 Å². The van der Waals surface area contributed by atoms with E-state index in [2.05, 4.69) is 26.0 Å². The fourth-order valence-electron chi connectivity index (χ4n) is 7.51. The molecule has 2 saturated carbocycles. The Hall–Kier alpha value is -5.10. The number of halogens is 2. The first kappa shape index (κ1) is 30.2. The van der Waals surface area contributed by atoms with E-state index in [1.54, 1.807) is 24.4 Å². The van der Waals surface area contributed by atoms with Crippen LogP contribution in [-0.2, 0) is 19.9 Å². The summed E-state index contributed by atoms with van der Waals surface area (Å²) in [5.74, 6) is -0.790. The van der Waals surface area contributed by atoms with Gasteiger partial charge in [0.25, 0.3) is 0 Å². The summed E-state index contributed by atoms with van der Waals surface area (Å²) in [7, 11) is 1.29. The Morgan fingerprint density at radius 1 is 1.12 bits per heavy atom. The van der Waals surface area contributed by atoms with Gasteiger partial charge in [0.15, 0.2) is 0 Å². The second-order valence-corrected chi connectivity index (χ2v) is 13.4. The lowest BCUT2D eigenvalue weighted by Gasteiger charge is -2.36. The number of hydrogen-bond donors (Lipinski definition) is 3. The minimum Gasteiger partial charge on any atom is -0.453 e. The molecule has 4 aliphatic rings. The highest BCUT2D eigenvalue weighted by Gasteiger charge is 2.63. The highest BCUT2D eigenvalue weighted by atomic mass is 35.5. The number of hydrogen-bond acceptors (Lipinski definition) is 7. The molecule has 3 N–H and O–H groups in total. The van der Waals surface area contributed by atoms with Crippen molar-refractivity contribution in [2.75, 3.05) is 24.3 Å². The van der Waals surface area contributed by atoms with Crippen LogP contribution in [0.3, 0.4) is 0 Å². The summed E-state index contributed by atoms with van der Waals surface area (Å²) in [6.45, 7) is 0.349. The highest BCUT2D eigenvalue weighted by molar-refractivity contribution is 6.31. The number of nitrogens with zero attached hydrogens (tertiary/aromatic N) is 4. The number of amides is 3. The molecule has 1 spiro atoms. The van der Waals surface area contributed by atoms with E-state index in [0.29, 0.717) is 54.0 Å². The standard InChI is InChI=1S/C35H31ClFN7O4/c1-48-33(47)40-22-2-3-23-19-7-12-38-28(14-19)35(17-21(35)6-9-34(10-11-34)32(46)41-26(23)16-22)44-13-8-20(15-29(44)45)30-24(27-18-39-43-42-27)4-5-25(36)31(30)37/h2-5,7,12,14-16,18,21H,6,8-11,13,17H2,1H3,(H,40,47)(H,41,46)(H,39,42,43)/t21-,35?/m1/s1. The molecule has 4 aromatic rings. The third-order valence-electron chi connectivity index (χ3n) is 10.4. The van der Waals surface area contributed by atoms with Crippen molar-refractivity contribution in [1.29, 1.82) is 0 Å². The summed E-state index contributed by atoms with van der Waals surface area (Å²) in [6.07, 6.45) is 8.22. The maximum absolute atomic E-state index is 15.6. The molecule has 1 unspecified atom stereocenters. The molecule has 2 fully saturated rings. The third kappa shape index (κ3) is 4.93. The zero-order valence-corrected chi connectivity index (χ0v) is 26.7. The van der Waals surface area contributed by atoms with E-state index < -0.39 is 22.9 Å². The van der Waals surface area contributed by atoms with Crippen molar-refractivity contribution in [1.82, 2.24) is 25.3 Å². The fraction of sp³-hybridized carbons (Fsp3) is 0.314. The van der Waals surface area contributed by atoms with Gasteiger partial charge >= 0.3 is 6.09 Å². The molecule has 11 nitrogen and oxygen atoms in total. The van der Waals surface area contributed by atoms with Crippen molar-refractivity contribution in [2.24, 2.45) is 11.3 Å². The van der Waals surface area contributed by atoms with Crippen LogP contribution in [0, 0.1) is 17.2 Å². The van der Waals surface area contributed by atoms with Crippen LogP contribution in [0.1, 0.15) is 49.8 Å². The van der Waals surface area contributed by atoms with Gasteiger partial charge in [-0.25, -0.2) is 9.18 Å². The Morgan fingerprint density at radius 3 is 2.71 bits per heavy atom. The van der Waals surface area contributed by atoms with Gasteiger partial charge in [-0.1, -0.05) is 23.7 Å². The van der Waals surface area contributed by atoms with Gasteiger partial charge in [0.2, 0.25) is 11.8 Å². The molecule has 0 saturated heterocycles. The number of pyridine rings is 1. The lowest BCUT2D eigenvalue weighted by molar-refractivity contribution is -0.130. The van der Waals surface area contributed by atoms with Crippen molar-refractivity contribution >= 4 is 46.5 Å². The number of carbonyl (C=O) groups excluding carboxylic acids is 3. The van der Waals surface area contributed by atoms with Gasteiger partial charge in [0.05, 0.1) is 35.2 Å². The molecule has 2 atom stereocenters. The molecule has 244 valence electrons. The van der Waals surface area contributed by atoms with E-state index >= 15 is 4.39 Å². The van der Waals surface area contributed by atoms with Gasteiger partial charge < -0.3 is 15.0 Å². The number of H-pyrrole nitrogens is 1. The lowest BCUT2D eigenvalue weighted by Crippen LogP contribution is -2.44. The maximum atomic E-state index is 15.6. The molecule has 2 aromatic carbocycles. The summed E-state index contributed by atoms with van der Waals surface area (Å²) in [4.78, 5) is 46.5. The minimum absolute atomic E-state index is 0.0410. The number of anilines is 2. The first-order valence-corrected chi connectivity index (χ1v) is 16.2. The molecule has 2 bridgehead atoms.